The molecule has 3 rings (SSSR count). The van der Waals surface area contributed by atoms with Crippen molar-refractivity contribution < 1.29 is 4.74 Å². The molecule has 0 radical (unpaired) electrons. The monoisotopic (exact) mass is 292 g/mol. The summed E-state index contributed by atoms with van der Waals surface area (Å²) >= 11 is 1.72. The number of fused-ring (bicyclic) bond motifs is 1. The molecule has 0 N–H and O–H groups in total. The summed E-state index contributed by atoms with van der Waals surface area (Å²) in [6, 6.07) is 0. The molecule has 1 aliphatic rings. The Morgan fingerprint density at radius 3 is 3.15 bits per heavy atom. The molecular weight excluding hydrogens is 272 g/mol. The number of hydrogen-bond donors (Lipinski definition) is 0. The van der Waals surface area contributed by atoms with Crippen LogP contribution in [0.4, 0.5) is 0 Å². The van der Waals surface area contributed by atoms with Crippen molar-refractivity contribution in [3.05, 3.63) is 34.0 Å². The van der Waals surface area contributed by atoms with Crippen molar-refractivity contribution in [3.8, 4) is 0 Å². The van der Waals surface area contributed by atoms with Crippen LogP contribution in [0, 0.1) is 0 Å². The van der Waals surface area contributed by atoms with E-state index in [2.05, 4.69) is 15.0 Å². The number of thiazole rings is 1. The lowest BCUT2D eigenvalue weighted by molar-refractivity contribution is 0.102. The SMILES string of the molecule is CCOCC1CN(Cc2nccs2)Cc2cnn(C)c21. The number of hydrogen-bond acceptors (Lipinski definition) is 5. The molecule has 0 saturated heterocycles. The molecular formula is C14H20N4OS. The van der Waals surface area contributed by atoms with Crippen LogP contribution in [0.15, 0.2) is 17.8 Å². The number of ether oxygens (including phenoxy) is 1. The van der Waals surface area contributed by atoms with Gasteiger partial charge in [-0.15, -0.1) is 11.3 Å². The Morgan fingerprint density at radius 2 is 2.40 bits per heavy atom. The summed E-state index contributed by atoms with van der Waals surface area (Å²) in [5.74, 6) is 0.395. The fourth-order valence-corrected chi connectivity index (χ4v) is 3.54. The van der Waals surface area contributed by atoms with Crippen LogP contribution in [0.2, 0.25) is 0 Å². The van der Waals surface area contributed by atoms with Gasteiger partial charge in [0.05, 0.1) is 19.3 Å². The van der Waals surface area contributed by atoms with E-state index < -0.39 is 0 Å². The van der Waals surface area contributed by atoms with Gasteiger partial charge in [0.15, 0.2) is 0 Å². The zero-order valence-corrected chi connectivity index (χ0v) is 12.8. The van der Waals surface area contributed by atoms with Crippen molar-refractivity contribution >= 4 is 11.3 Å². The zero-order chi connectivity index (χ0) is 13.9. The number of aryl methyl sites for hydroxylation is 1. The van der Waals surface area contributed by atoms with Crippen molar-refractivity contribution in [1.29, 1.82) is 0 Å². The normalized spacial score (nSPS) is 19.2. The standard InChI is InChI=1S/C14H20N4OS/c1-3-19-10-12-8-18(9-13-15-4-5-20-13)7-11-6-16-17(2)14(11)12/h4-6,12H,3,7-10H2,1-2H3. The number of nitrogens with zero attached hydrogens (tertiary/aromatic N) is 4. The average molecular weight is 292 g/mol. The molecule has 2 aromatic rings. The molecule has 108 valence electrons. The van der Waals surface area contributed by atoms with E-state index in [9.17, 15) is 0 Å². The smallest absolute Gasteiger partial charge is 0.107 e. The van der Waals surface area contributed by atoms with Crippen LogP contribution in [0.1, 0.15) is 29.1 Å². The summed E-state index contributed by atoms with van der Waals surface area (Å²) in [5, 5.41) is 7.62. The van der Waals surface area contributed by atoms with Crippen LogP contribution in [-0.4, -0.2) is 39.4 Å². The third-order valence-electron chi connectivity index (χ3n) is 3.69. The second-order valence-electron chi connectivity index (χ2n) is 5.13. The molecule has 0 spiro atoms. The Kier molecular flexibility index (Phi) is 4.14. The van der Waals surface area contributed by atoms with Gasteiger partial charge in [-0.2, -0.15) is 5.10 Å². The van der Waals surface area contributed by atoms with Crippen LogP contribution in [0.25, 0.3) is 0 Å². The Balaban J connectivity index is 1.77. The summed E-state index contributed by atoms with van der Waals surface area (Å²) in [6.07, 6.45) is 3.86. The maximum Gasteiger partial charge on any atom is 0.107 e. The van der Waals surface area contributed by atoms with Crippen LogP contribution in [0.3, 0.4) is 0 Å². The quantitative estimate of drug-likeness (QED) is 0.845. The van der Waals surface area contributed by atoms with Crippen molar-refractivity contribution in [2.75, 3.05) is 19.8 Å². The van der Waals surface area contributed by atoms with E-state index in [0.717, 1.165) is 32.8 Å². The molecule has 3 heterocycles. The highest BCUT2D eigenvalue weighted by molar-refractivity contribution is 7.09. The van der Waals surface area contributed by atoms with E-state index in [1.807, 2.05) is 36.4 Å². The van der Waals surface area contributed by atoms with Crippen molar-refractivity contribution in [1.82, 2.24) is 19.7 Å². The van der Waals surface area contributed by atoms with E-state index >= 15 is 0 Å². The van der Waals surface area contributed by atoms with Gasteiger partial charge >= 0.3 is 0 Å². The first-order valence-electron chi connectivity index (χ1n) is 6.97. The highest BCUT2D eigenvalue weighted by Crippen LogP contribution is 2.29. The third kappa shape index (κ3) is 2.77. The molecule has 0 saturated carbocycles. The maximum absolute atomic E-state index is 5.66. The van der Waals surface area contributed by atoms with Gasteiger partial charge in [0, 0.05) is 55.5 Å². The fourth-order valence-electron chi connectivity index (χ4n) is 2.88. The zero-order valence-electron chi connectivity index (χ0n) is 12.0. The summed E-state index contributed by atoms with van der Waals surface area (Å²) in [6.45, 7) is 6.43. The summed E-state index contributed by atoms with van der Waals surface area (Å²) in [4.78, 5) is 6.82. The molecule has 0 aromatic carbocycles. The largest absolute Gasteiger partial charge is 0.381 e. The van der Waals surface area contributed by atoms with Gasteiger partial charge < -0.3 is 4.74 Å². The van der Waals surface area contributed by atoms with Gasteiger partial charge in [-0.1, -0.05) is 0 Å². The van der Waals surface area contributed by atoms with E-state index in [1.54, 1.807) is 11.3 Å². The molecule has 5 nitrogen and oxygen atoms in total. The molecule has 2 aromatic heterocycles. The summed E-state index contributed by atoms with van der Waals surface area (Å²) in [7, 11) is 2.02. The van der Waals surface area contributed by atoms with Crippen LogP contribution in [0.5, 0.6) is 0 Å². The molecule has 0 aliphatic carbocycles. The minimum atomic E-state index is 0.395. The molecule has 1 aliphatic heterocycles. The lowest BCUT2D eigenvalue weighted by Gasteiger charge is -2.32. The topological polar surface area (TPSA) is 43.2 Å². The Labute approximate surface area is 123 Å². The Morgan fingerprint density at radius 1 is 1.50 bits per heavy atom. The highest BCUT2D eigenvalue weighted by atomic mass is 32.1. The van der Waals surface area contributed by atoms with Gasteiger partial charge in [-0.3, -0.25) is 9.58 Å². The fraction of sp³-hybridized carbons (Fsp3) is 0.571. The lowest BCUT2D eigenvalue weighted by atomic mass is 9.97. The lowest BCUT2D eigenvalue weighted by Crippen LogP contribution is -2.35. The van der Waals surface area contributed by atoms with Crippen molar-refractivity contribution in [3.63, 3.8) is 0 Å². The second-order valence-corrected chi connectivity index (χ2v) is 6.11. The maximum atomic E-state index is 5.66. The van der Waals surface area contributed by atoms with E-state index in [0.29, 0.717) is 5.92 Å². The molecule has 20 heavy (non-hydrogen) atoms. The minimum absolute atomic E-state index is 0.395. The molecule has 6 heteroatoms. The van der Waals surface area contributed by atoms with Gasteiger partial charge in [0.2, 0.25) is 0 Å². The van der Waals surface area contributed by atoms with Crippen molar-refractivity contribution in [2.45, 2.75) is 25.9 Å². The van der Waals surface area contributed by atoms with Crippen LogP contribution < -0.4 is 0 Å². The van der Waals surface area contributed by atoms with Crippen LogP contribution >= 0.6 is 11.3 Å². The van der Waals surface area contributed by atoms with Crippen molar-refractivity contribution in [2.24, 2.45) is 7.05 Å². The Hall–Kier alpha value is -1.24. The minimum Gasteiger partial charge on any atom is -0.381 e. The van der Waals surface area contributed by atoms with Gasteiger partial charge in [-0.25, -0.2) is 4.98 Å². The highest BCUT2D eigenvalue weighted by Gasteiger charge is 2.28. The van der Waals surface area contributed by atoms with E-state index in [-0.39, 0.29) is 0 Å². The second kappa shape index (κ2) is 6.03. The van der Waals surface area contributed by atoms with E-state index in [4.69, 9.17) is 4.74 Å². The van der Waals surface area contributed by atoms with Crippen LogP contribution in [-0.2, 0) is 24.9 Å². The van der Waals surface area contributed by atoms with Gasteiger partial charge in [0.1, 0.15) is 5.01 Å². The third-order valence-corrected chi connectivity index (χ3v) is 4.45. The molecule has 1 atom stereocenters. The first-order chi connectivity index (χ1) is 9.78. The summed E-state index contributed by atoms with van der Waals surface area (Å²) < 4.78 is 7.66. The summed E-state index contributed by atoms with van der Waals surface area (Å²) in [5.41, 5.74) is 2.65. The molecule has 0 bridgehead atoms. The number of aromatic nitrogens is 3. The van der Waals surface area contributed by atoms with Gasteiger partial charge in [-0.05, 0) is 6.92 Å². The number of rotatable bonds is 5. The molecule has 1 unspecified atom stereocenters. The first kappa shape index (κ1) is 13.7. The van der Waals surface area contributed by atoms with Gasteiger partial charge in [0.25, 0.3) is 0 Å². The predicted octanol–water partition coefficient (Wildman–Crippen LogP) is 2.01. The first-order valence-corrected chi connectivity index (χ1v) is 7.85. The Bertz CT molecular complexity index is 552. The average Bonchev–Trinajstić information content (AvgIpc) is 3.07. The predicted molar refractivity (Wildman–Crippen MR) is 78.7 cm³/mol. The van der Waals surface area contributed by atoms with E-state index in [1.165, 1.54) is 16.3 Å². The molecule has 0 fully saturated rings. The molecule has 0 amide bonds.